The van der Waals surface area contributed by atoms with E-state index in [0.717, 1.165) is 128 Å². The van der Waals surface area contributed by atoms with Crippen LogP contribution >= 0.6 is 7.82 Å². The van der Waals surface area contributed by atoms with Crippen molar-refractivity contribution < 1.29 is 32.9 Å². The van der Waals surface area contributed by atoms with Crippen molar-refractivity contribution in [2.24, 2.45) is 0 Å². The first-order valence-electron chi connectivity index (χ1n) is 38.2. The van der Waals surface area contributed by atoms with Gasteiger partial charge in [0, 0.05) is 6.42 Å². The van der Waals surface area contributed by atoms with Gasteiger partial charge in [0.25, 0.3) is 7.82 Å². The smallest absolute Gasteiger partial charge is 0.268 e. The van der Waals surface area contributed by atoms with Gasteiger partial charge in [0.05, 0.1) is 39.9 Å². The number of phosphoric ester groups is 1. The molecule has 3 atom stereocenters. The number of hydrogen-bond acceptors (Lipinski definition) is 6. The van der Waals surface area contributed by atoms with E-state index in [-0.39, 0.29) is 19.1 Å². The zero-order valence-corrected chi connectivity index (χ0v) is 61.4. The molecule has 0 aromatic carbocycles. The van der Waals surface area contributed by atoms with E-state index < -0.39 is 20.0 Å². The Morgan fingerprint density at radius 3 is 0.967 bits per heavy atom. The van der Waals surface area contributed by atoms with E-state index in [2.05, 4.69) is 165 Å². The molecular weight excluding hydrogens is 1150 g/mol. The number of nitrogens with one attached hydrogen (secondary N) is 1. The molecule has 0 radical (unpaired) electrons. The number of aliphatic hydroxyl groups is 1. The van der Waals surface area contributed by atoms with E-state index in [0.29, 0.717) is 23.9 Å². The predicted molar refractivity (Wildman–Crippen MR) is 403 cm³/mol. The van der Waals surface area contributed by atoms with Crippen LogP contribution in [0.1, 0.15) is 322 Å². The molecule has 0 saturated carbocycles. The Labute approximate surface area is 569 Å². The number of nitrogens with zero attached hydrogens (tertiary/aromatic N) is 1. The SMILES string of the molecule is CC/C=C\C/C=C\C/C=C\C/C=C\C/C=C\C/C=C\C/C=C\C/C=C\C/C=C\C/C=C\C/C=C\C/C=C\CCCCCCC(=O)NC(COP(=O)([O-])OCC[N+](C)(C)C)C(O)CCCCCCCCCCCCCCCCCCCCCCCCCCCCCCC. The first-order valence-corrected chi connectivity index (χ1v) is 39.6. The number of phosphoric acid groups is 1. The fourth-order valence-corrected chi connectivity index (χ4v) is 11.5. The normalized spacial score (nSPS) is 14.4. The van der Waals surface area contributed by atoms with Crippen molar-refractivity contribution in [2.45, 2.75) is 334 Å². The topological polar surface area (TPSA) is 108 Å². The summed E-state index contributed by atoms with van der Waals surface area (Å²) in [5.41, 5.74) is 0. The summed E-state index contributed by atoms with van der Waals surface area (Å²) in [6.07, 6.45) is 109. The molecule has 0 rings (SSSR count). The Balaban J connectivity index is 4.13. The Bertz CT molecular complexity index is 2020. The van der Waals surface area contributed by atoms with Crippen molar-refractivity contribution in [3.8, 4) is 0 Å². The molecule has 0 aromatic rings. The van der Waals surface area contributed by atoms with Gasteiger partial charge in [-0.25, -0.2) is 0 Å². The van der Waals surface area contributed by atoms with Gasteiger partial charge in [-0.15, -0.1) is 0 Å². The van der Waals surface area contributed by atoms with E-state index in [1.165, 1.54) is 167 Å². The average molecular weight is 1300 g/mol. The summed E-state index contributed by atoms with van der Waals surface area (Å²) in [6.45, 7) is 4.61. The molecular formula is C83H145N2O6P. The highest BCUT2D eigenvalue weighted by molar-refractivity contribution is 7.45. The molecule has 0 heterocycles. The van der Waals surface area contributed by atoms with Crippen molar-refractivity contribution in [1.29, 1.82) is 0 Å². The zero-order chi connectivity index (χ0) is 66.9. The molecule has 3 unspecified atom stereocenters. The van der Waals surface area contributed by atoms with Crippen LogP contribution in [0.2, 0.25) is 0 Å². The third-order valence-electron chi connectivity index (χ3n) is 16.6. The van der Waals surface area contributed by atoms with Gasteiger partial charge in [0.15, 0.2) is 0 Å². The number of carbonyl (C=O) groups is 1. The summed E-state index contributed by atoms with van der Waals surface area (Å²) in [4.78, 5) is 25.7. The summed E-state index contributed by atoms with van der Waals surface area (Å²) < 4.78 is 23.5. The third-order valence-corrected chi connectivity index (χ3v) is 17.6. The number of aliphatic hydroxyl groups excluding tert-OH is 1. The van der Waals surface area contributed by atoms with Crippen LogP contribution in [0, 0.1) is 0 Å². The second kappa shape index (κ2) is 71.7. The van der Waals surface area contributed by atoms with Gasteiger partial charge in [-0.05, 0) is 103 Å². The van der Waals surface area contributed by atoms with Crippen LogP contribution in [0.4, 0.5) is 0 Å². The number of amides is 1. The van der Waals surface area contributed by atoms with Crippen molar-refractivity contribution in [3.63, 3.8) is 0 Å². The van der Waals surface area contributed by atoms with E-state index in [4.69, 9.17) is 9.05 Å². The van der Waals surface area contributed by atoms with Crippen LogP contribution in [-0.2, 0) is 18.4 Å². The monoisotopic (exact) mass is 1300 g/mol. The highest BCUT2D eigenvalue weighted by Gasteiger charge is 2.24. The minimum absolute atomic E-state index is 0.0000927. The summed E-state index contributed by atoms with van der Waals surface area (Å²) in [7, 11) is 1.28. The summed E-state index contributed by atoms with van der Waals surface area (Å²) >= 11 is 0. The summed E-state index contributed by atoms with van der Waals surface area (Å²) in [6, 6.07) is -0.827. The van der Waals surface area contributed by atoms with E-state index in [9.17, 15) is 19.4 Å². The maximum atomic E-state index is 13.1. The number of unbranched alkanes of at least 4 members (excludes halogenated alkanes) is 32. The van der Waals surface area contributed by atoms with Crippen LogP contribution in [0.5, 0.6) is 0 Å². The van der Waals surface area contributed by atoms with Crippen molar-refractivity contribution in [3.05, 3.63) is 146 Å². The fraction of sp³-hybridized carbons (Fsp3) is 0.699. The summed E-state index contributed by atoms with van der Waals surface area (Å²) in [5, 5.41) is 14.1. The Hall–Kier alpha value is -3.62. The highest BCUT2D eigenvalue weighted by atomic mass is 31.2. The molecule has 0 aliphatic rings. The number of carbonyl (C=O) groups excluding carboxylic acids is 1. The zero-order valence-electron chi connectivity index (χ0n) is 60.5. The lowest BCUT2D eigenvalue weighted by Crippen LogP contribution is -2.46. The maximum absolute atomic E-state index is 13.1. The molecule has 0 aliphatic carbocycles. The fourth-order valence-electron chi connectivity index (χ4n) is 10.7. The standard InChI is InChI=1S/C83H145N2O6P/c1-6-8-10-12-14-16-18-20-22-24-26-28-30-32-34-36-37-38-39-40-41-42-43-44-45-46-47-49-51-53-55-57-59-61-63-65-67-69-71-73-75-77-83(87)84-81(80-91-92(88,89)90-79-78-85(3,4)5)82(86)76-74-72-70-68-66-64-62-60-58-56-54-52-50-48-35-33-31-29-27-25-23-21-19-17-15-13-11-9-7-2/h8,10,14,16,20,22,26,28,32,34,37-38,40-41,43-44,46-47,51,53,57,59,63,65,81-82,86H,6-7,9,11-13,15,17-19,21,23-25,27,29-31,33,35-36,39,42,45,48-50,52,54-56,58,60-62,64,66-80H2,1-5H3,(H-,84,87,88,89)/b10-8-,16-14-,22-20-,28-26-,34-32-,38-37-,41-40-,44-43-,47-46-,53-51-,59-57-,65-63-. The van der Waals surface area contributed by atoms with Gasteiger partial charge in [-0.1, -0.05) is 359 Å². The predicted octanol–water partition coefficient (Wildman–Crippen LogP) is 24.5. The number of allylic oxidation sites excluding steroid dienone is 24. The molecule has 528 valence electrons. The van der Waals surface area contributed by atoms with E-state index in [1.54, 1.807) is 0 Å². The van der Waals surface area contributed by atoms with Gasteiger partial charge >= 0.3 is 0 Å². The second-order valence-electron chi connectivity index (χ2n) is 26.6. The van der Waals surface area contributed by atoms with Gasteiger partial charge in [0.2, 0.25) is 5.91 Å². The van der Waals surface area contributed by atoms with Crippen LogP contribution in [0.25, 0.3) is 0 Å². The molecule has 0 aliphatic heterocycles. The lowest BCUT2D eigenvalue weighted by molar-refractivity contribution is -0.870. The number of hydrogen-bond donors (Lipinski definition) is 2. The van der Waals surface area contributed by atoms with Crippen molar-refractivity contribution in [2.75, 3.05) is 40.9 Å². The molecule has 1 amide bonds. The van der Waals surface area contributed by atoms with E-state index >= 15 is 0 Å². The van der Waals surface area contributed by atoms with Crippen molar-refractivity contribution in [1.82, 2.24) is 5.32 Å². The number of quaternary nitrogens is 1. The maximum Gasteiger partial charge on any atom is 0.268 e. The number of likely N-dealkylation sites (N-methyl/N-ethyl adjacent to an activating group) is 1. The second-order valence-corrected chi connectivity index (χ2v) is 28.0. The molecule has 0 bridgehead atoms. The molecule has 0 saturated heterocycles. The lowest BCUT2D eigenvalue weighted by atomic mass is 10.0. The minimum Gasteiger partial charge on any atom is -0.756 e. The van der Waals surface area contributed by atoms with Gasteiger partial charge in [-0.2, -0.15) is 0 Å². The molecule has 9 heteroatoms. The molecule has 0 spiro atoms. The first-order chi connectivity index (χ1) is 45.0. The van der Waals surface area contributed by atoms with Gasteiger partial charge in [0.1, 0.15) is 13.2 Å². The molecule has 0 aromatic heterocycles. The highest BCUT2D eigenvalue weighted by Crippen LogP contribution is 2.38. The van der Waals surface area contributed by atoms with Crippen LogP contribution in [0.3, 0.4) is 0 Å². The molecule has 2 N–H and O–H groups in total. The molecule has 92 heavy (non-hydrogen) atoms. The Morgan fingerprint density at radius 2 is 0.663 bits per heavy atom. The largest absolute Gasteiger partial charge is 0.756 e. The summed E-state index contributed by atoms with van der Waals surface area (Å²) in [5.74, 6) is -0.191. The van der Waals surface area contributed by atoms with Crippen molar-refractivity contribution >= 4 is 13.7 Å². The van der Waals surface area contributed by atoms with Gasteiger partial charge < -0.3 is 28.8 Å². The Morgan fingerprint density at radius 1 is 0.391 bits per heavy atom. The van der Waals surface area contributed by atoms with Crippen LogP contribution < -0.4 is 10.2 Å². The Kier molecular flexibility index (Phi) is 68.8. The number of rotatable bonds is 69. The minimum atomic E-state index is -4.60. The van der Waals surface area contributed by atoms with E-state index in [1.807, 2.05) is 21.1 Å². The molecule has 0 fully saturated rings. The molecule has 8 nitrogen and oxygen atoms in total. The van der Waals surface area contributed by atoms with Crippen LogP contribution in [0.15, 0.2) is 146 Å². The van der Waals surface area contributed by atoms with Gasteiger partial charge in [-0.3, -0.25) is 9.36 Å². The quantitative estimate of drug-likeness (QED) is 0.0272. The average Bonchev–Trinajstić information content (AvgIpc) is 2.63. The lowest BCUT2D eigenvalue weighted by Gasteiger charge is -2.30. The first kappa shape index (κ1) is 88.4. The third kappa shape index (κ3) is 73.8. The van der Waals surface area contributed by atoms with Crippen LogP contribution in [-0.4, -0.2) is 68.5 Å².